The molecule has 0 bridgehead atoms. The van der Waals surface area contributed by atoms with Crippen LogP contribution in [-0.2, 0) is 167 Å². The summed E-state index contributed by atoms with van der Waals surface area (Å²) in [5.74, 6) is -0.433. The predicted molar refractivity (Wildman–Crippen MR) is 527 cm³/mol. The van der Waals surface area contributed by atoms with Gasteiger partial charge >= 0.3 is 69.9 Å². The first-order valence-corrected chi connectivity index (χ1v) is 61.7. The topological polar surface area (TPSA) is 804 Å². The van der Waals surface area contributed by atoms with Crippen molar-refractivity contribution in [2.45, 2.75) is 215 Å². The lowest BCUT2D eigenvalue weighted by Crippen LogP contribution is -2.33. The lowest BCUT2D eigenvalue weighted by atomic mass is 10.1. The minimum Gasteiger partial charge on any atom is -0.383 e. The van der Waals surface area contributed by atoms with Crippen LogP contribution < -0.4 is 68.1 Å². The molecule has 60 nitrogen and oxygen atoms in total. The van der Waals surface area contributed by atoms with Gasteiger partial charge in [-0.1, -0.05) is 19.2 Å². The number of fused-ring (bicyclic) bond motifs is 3. The van der Waals surface area contributed by atoms with E-state index >= 15 is 0 Å². The van der Waals surface area contributed by atoms with Crippen molar-refractivity contribution in [3.8, 4) is 0 Å². The number of hydrogen-bond acceptors (Lipinski definition) is 49. The van der Waals surface area contributed by atoms with Crippen LogP contribution in [0, 0.1) is 27.7 Å². The lowest BCUT2D eigenvalue weighted by molar-refractivity contribution is -0.0571. The Kier molecular flexibility index (Phi) is 32.8. The summed E-state index contributed by atoms with van der Waals surface area (Å²) in [6.07, 6.45) is -16.8. The van der Waals surface area contributed by atoms with Gasteiger partial charge in [0.1, 0.15) is 122 Å². The molecule has 20 N–H and O–H groups in total. The number of nitrogen functional groups attached to an aromatic ring is 5. The molecule has 0 spiro atoms. The molecule has 27 atom stereocenters. The molecule has 0 radical (unpaired) electrons. The lowest BCUT2D eigenvalue weighted by Gasteiger charge is -2.28. The zero-order valence-corrected chi connectivity index (χ0v) is 87.9. The van der Waals surface area contributed by atoms with E-state index in [0.29, 0.717) is 17.5 Å². The maximum Gasteiger partial charge on any atom is 0.386 e. The number of nitrogens with zero attached hydrogens (tertiary/aromatic N) is 17. The highest BCUT2D eigenvalue weighted by Gasteiger charge is 2.52. The number of nitrogens with two attached hydrogens (primary N) is 5. The van der Waals surface area contributed by atoms with Gasteiger partial charge in [0.2, 0.25) is 5.95 Å². The monoisotopic (exact) mass is 2300 g/mol. The van der Waals surface area contributed by atoms with Crippen LogP contribution in [0.15, 0.2) is 90.0 Å². The molecule has 0 amide bonds. The molecule has 7 saturated heterocycles. The van der Waals surface area contributed by atoms with E-state index in [9.17, 15) is 72.4 Å². The number of nitrogens with one attached hydrogen (secondary N) is 3. The Morgan fingerprint density at radius 1 is 0.359 bits per heavy atom. The summed E-state index contributed by atoms with van der Waals surface area (Å²) in [7, 11) is 0. The van der Waals surface area contributed by atoms with E-state index in [1.165, 1.54) is 84.0 Å². The van der Waals surface area contributed by atoms with Crippen LogP contribution in [0.2, 0.25) is 0 Å². The molecule has 7 aliphatic heterocycles. The summed E-state index contributed by atoms with van der Waals surface area (Å²) >= 11 is 37.3. The molecular formula is C71H94N25O35P7S7. The predicted octanol–water partition coefficient (Wildman–Crippen LogP) is 1.11. The zero-order chi connectivity index (χ0) is 104. The molecule has 17 rings (SSSR count). The number of aromatic nitrogens is 20. The summed E-state index contributed by atoms with van der Waals surface area (Å²) in [4.78, 5) is 220. The van der Waals surface area contributed by atoms with Gasteiger partial charge < -0.3 is 146 Å². The molecule has 145 heavy (non-hydrogen) atoms. The second-order valence-corrected chi connectivity index (χ2v) is 53.4. The quantitative estimate of drug-likeness (QED) is 0.0189. The highest BCUT2D eigenvalue weighted by molar-refractivity contribution is 8.44. The van der Waals surface area contributed by atoms with Crippen molar-refractivity contribution >= 4 is 193 Å². The van der Waals surface area contributed by atoms with Crippen LogP contribution in [0.5, 0.6) is 0 Å². The number of H-pyrrole nitrogens is 3. The number of hydrogen-bond donors (Lipinski definition) is 16. The van der Waals surface area contributed by atoms with Crippen molar-refractivity contribution in [1.29, 1.82) is 0 Å². The van der Waals surface area contributed by atoms with Crippen LogP contribution in [-0.4, -0.2) is 256 Å². The summed E-state index contributed by atoms with van der Waals surface area (Å²) in [5, 5.41) is 0. The van der Waals surface area contributed by atoms with Crippen LogP contribution in [0.1, 0.15) is 124 Å². The van der Waals surface area contributed by atoms with E-state index in [-0.39, 0.29) is 119 Å². The molecule has 10 aromatic heterocycles. The summed E-state index contributed by atoms with van der Waals surface area (Å²) in [6, 6.07) is 0. The van der Waals surface area contributed by atoms with E-state index in [4.69, 9.17) is 191 Å². The Hall–Kier alpha value is -7.03. The highest BCUT2D eigenvalue weighted by Crippen LogP contribution is 2.60. The van der Waals surface area contributed by atoms with Gasteiger partial charge in [-0.15, -0.1) is 0 Å². The van der Waals surface area contributed by atoms with Crippen LogP contribution in [0.25, 0.3) is 33.5 Å². The van der Waals surface area contributed by atoms with Gasteiger partial charge in [-0.2, -0.15) is 15.0 Å². The molecule has 0 aromatic carbocycles. The van der Waals surface area contributed by atoms with Crippen LogP contribution in [0.4, 0.5) is 29.2 Å². The number of thiol groups is 1. The normalized spacial score (nSPS) is 29.3. The molecule has 17 heterocycles. The molecule has 7 aliphatic rings. The van der Waals surface area contributed by atoms with E-state index in [1.54, 1.807) is 20.8 Å². The third kappa shape index (κ3) is 25.5. The second kappa shape index (κ2) is 43.6. The number of aromatic amines is 3. The van der Waals surface area contributed by atoms with E-state index in [0.717, 1.165) is 18.3 Å². The van der Waals surface area contributed by atoms with Gasteiger partial charge in [-0.3, -0.25) is 70.4 Å². The van der Waals surface area contributed by atoms with Gasteiger partial charge in [-0.25, -0.2) is 58.6 Å². The number of imidazole rings is 3. The van der Waals surface area contributed by atoms with Crippen molar-refractivity contribution in [3.05, 3.63) is 152 Å². The van der Waals surface area contributed by atoms with Crippen molar-refractivity contribution in [2.24, 2.45) is 0 Å². The molecule has 0 saturated carbocycles. The Morgan fingerprint density at radius 3 is 0.993 bits per heavy atom. The summed E-state index contributed by atoms with van der Waals surface area (Å²) in [5.41, 5.74) is 26.3. The standard InChI is InChI=1S/C71H94N25O35P7S7/c1-6-33-34(7-53(118-33)96-28-83-56-63(96)86-67(76)87-66(56)99)126-133(106,140)113-19-44-38(11-50(122-44)93-17-32(5)65(98)89-71(93)103)129-136(109,143)116-22-45-40(13-52(123-45)95-27-82-55-60(75)78-25-80-62(55)95)131-138(111,145)117-23-46-39(12-51(124-46)94-26-81-54-59(74)77-24-79-61(54)94)130-137(110,144)115-21-43-37(10-49(121-43)91-15-30(3)58(73)85-69(91)101)128-135(108,142)114-20-42-36(9-48(120-42)90-14-29(2)57(72)84-68(90)100)127-134(107,141)112-18-41-35(125-132(104,105)139)8-47(119-41)92-16-31(4)64(97)88-70(92)102/h14-17,24-28,33-53H,6-13,18-23H2,1-5H3,(H,106,140)(H,107,141)(H,108,142)(H,109,143)(H,110,144)(H,111,145)(H2,72,84,100)(H2,73,85,101)(H2,74,77,79)(H2,75,78,80)(H,88,97,102)(H,89,98,103)(H2,104,105,139)(H3,76,86,87,99)/t33-,34?,35?,36?,37?,38?,39?,40?,41-,42-,43-,44-,45-,46-,47-,48-,49-,50-,51-,52-,53-,133?,134?,135?,136?,137?,138?/m1/s1. The third-order valence-electron chi connectivity index (χ3n) is 24.0. The average molecular weight is 2300 g/mol. The van der Waals surface area contributed by atoms with Crippen molar-refractivity contribution < 1.29 is 131 Å². The molecule has 13 unspecified atom stereocenters. The van der Waals surface area contributed by atoms with Gasteiger partial charge in [-0.05, 0) is 105 Å². The van der Waals surface area contributed by atoms with Gasteiger partial charge in [0.05, 0.1) is 101 Å². The molecule has 790 valence electrons. The highest BCUT2D eigenvalue weighted by atomic mass is 32.7. The van der Waals surface area contributed by atoms with E-state index in [2.05, 4.69) is 77.0 Å². The minimum absolute atomic E-state index is 0.00624. The van der Waals surface area contributed by atoms with E-state index < -0.39 is 255 Å². The molecule has 7 fully saturated rings. The van der Waals surface area contributed by atoms with Crippen LogP contribution in [0.3, 0.4) is 0 Å². The average Bonchev–Trinajstić information content (AvgIpc) is 1.65. The minimum atomic E-state index is -4.77. The first-order chi connectivity index (χ1) is 68.3. The molecule has 74 heteroatoms. The second-order valence-electron chi connectivity index (χ2n) is 33.9. The summed E-state index contributed by atoms with van der Waals surface area (Å²) in [6.45, 7) is -29.0. The van der Waals surface area contributed by atoms with Gasteiger partial charge in [0.25, 0.3) is 16.7 Å². The Labute approximate surface area is 850 Å². The number of rotatable bonds is 40. The molecule has 0 aliphatic carbocycles. The largest absolute Gasteiger partial charge is 0.386 e. The number of anilines is 5. The third-order valence-corrected chi connectivity index (χ3v) is 34.4. The SMILES string of the molecule is CC[C@H]1O[C@@H](n2cnc3c(=O)[nH]c(N)nc32)CC1OP(O)(=S)OC[C@H]1O[C@@H](n2cc(C)c(=O)[nH]c2=O)CC1OP(=O)(S)OC[C@H]1O[C@@H](n2cnc3c(N)ncnc32)CC1OP(O)(=S)OC[C@H]1O[C@@H](n2cnc3c(N)ncnc32)CC1OP(O)(=S)OC[C@H]1O[C@@H](n2cc(C)c(N)nc2=O)CC1OP(O)(=S)OC[C@H]1O[C@@H](n2cc(C)c(N)nc2=O)CC1OP(O)(=S)OC[C@H]1O[C@@H](n2cc(C)c(=O)[nH]c2=O)CC1OP(O)(O)=S. The first kappa shape index (κ1) is 109. The van der Waals surface area contributed by atoms with Crippen molar-refractivity contribution in [3.63, 3.8) is 0 Å². The van der Waals surface area contributed by atoms with Gasteiger partial charge in [0, 0.05) is 92.0 Å². The Balaban J connectivity index is 0.581. The van der Waals surface area contributed by atoms with Crippen LogP contribution >= 0.6 is 59.4 Å². The summed E-state index contributed by atoms with van der Waals surface area (Å²) < 4.78 is 146. The fraction of sp³-hybridized carbons (Fsp3) is 0.563. The zero-order valence-electron chi connectivity index (χ0n) is 75.8. The molecular weight excluding hydrogens is 2200 g/mol. The first-order valence-electron chi connectivity index (χ1n) is 43.5. The number of ether oxygens (including phenoxy) is 7. The Bertz CT molecular complexity index is 7430. The van der Waals surface area contributed by atoms with E-state index in [1.807, 2.05) is 0 Å². The Morgan fingerprint density at radius 2 is 0.648 bits per heavy atom. The maximum atomic E-state index is 14.9. The van der Waals surface area contributed by atoms with Crippen molar-refractivity contribution in [2.75, 3.05) is 68.3 Å². The fourth-order valence-corrected chi connectivity index (χ4v) is 26.8. The maximum absolute atomic E-state index is 14.9. The molecule has 10 aromatic rings. The number of aryl methyl sites for hydroxylation is 4. The fourth-order valence-electron chi connectivity index (χ4n) is 17.0. The van der Waals surface area contributed by atoms with Gasteiger partial charge in [0.15, 0.2) is 34.1 Å². The smallest absolute Gasteiger partial charge is 0.383 e. The van der Waals surface area contributed by atoms with Crippen molar-refractivity contribution in [1.82, 2.24) is 96.8 Å².